The van der Waals surface area contributed by atoms with Crippen molar-refractivity contribution in [3.05, 3.63) is 57.1 Å². The van der Waals surface area contributed by atoms with Gasteiger partial charge < -0.3 is 50.1 Å². The van der Waals surface area contributed by atoms with E-state index in [-0.39, 0.29) is 40.3 Å². The molecule has 0 unspecified atom stereocenters. The van der Waals surface area contributed by atoms with Crippen LogP contribution in [0.4, 0.5) is 0 Å². The van der Waals surface area contributed by atoms with Crippen molar-refractivity contribution in [3.8, 4) is 0 Å². The fourth-order valence-corrected chi connectivity index (χ4v) is 6.15. The summed E-state index contributed by atoms with van der Waals surface area (Å²) in [6, 6.07) is 0. The van der Waals surface area contributed by atoms with Gasteiger partial charge in [0.15, 0.2) is 23.5 Å². The lowest BCUT2D eigenvalue weighted by Crippen LogP contribution is -2.33. The zero-order chi connectivity index (χ0) is 31.3. The second-order valence-corrected chi connectivity index (χ2v) is 11.0. The number of ether oxygens (including phenoxy) is 2. The van der Waals surface area contributed by atoms with Gasteiger partial charge in [-0.3, -0.25) is 18.7 Å². The van der Waals surface area contributed by atoms with Crippen LogP contribution in [0.3, 0.4) is 0 Å². The topological polar surface area (TPSA) is 276 Å². The number of fused-ring (bicyclic) bond motifs is 4. The molecule has 0 spiro atoms. The quantitative estimate of drug-likeness (QED) is 0.0872. The van der Waals surface area contributed by atoms with Crippen LogP contribution >= 0.6 is 0 Å². The zero-order valence-electron chi connectivity index (χ0n) is 22.9. The highest BCUT2D eigenvalue weighted by atomic mass is 16.6. The molecule has 0 bridgehead atoms. The first-order chi connectivity index (χ1) is 21.7. The molecule has 20 nitrogen and oxygen atoms in total. The number of aliphatic hydroxyl groups excluding tert-OH is 6. The van der Waals surface area contributed by atoms with Crippen molar-refractivity contribution in [2.75, 3.05) is 13.2 Å². The second-order valence-electron chi connectivity index (χ2n) is 11.0. The Morgan fingerprint density at radius 3 is 1.47 bits per heavy atom. The maximum atomic E-state index is 13.6. The van der Waals surface area contributed by atoms with E-state index in [0.29, 0.717) is 11.4 Å². The average Bonchev–Trinajstić information content (AvgIpc) is 3.88. The molecule has 2 aliphatic rings. The number of rotatable bonds is 6. The molecule has 8 atom stereocenters. The van der Waals surface area contributed by atoms with Crippen LogP contribution in [-0.4, -0.2) is 128 Å². The van der Waals surface area contributed by atoms with E-state index >= 15 is 0 Å². The summed E-state index contributed by atoms with van der Waals surface area (Å²) in [5, 5.41) is 60.1. The predicted octanol–water partition coefficient (Wildman–Crippen LogP) is -4.13. The van der Waals surface area contributed by atoms with E-state index in [4.69, 9.17) is 9.47 Å². The molecule has 8 rings (SSSR count). The monoisotopic (exact) mass is 626 g/mol. The number of nitrogens with one attached hydrogen (secondary N) is 2. The lowest BCUT2D eigenvalue weighted by atomic mass is 10.1. The molecule has 6 aromatic rings. The minimum Gasteiger partial charge on any atom is -0.394 e. The van der Waals surface area contributed by atoms with Crippen molar-refractivity contribution < 1.29 is 40.1 Å². The van der Waals surface area contributed by atoms with E-state index in [0.717, 1.165) is 0 Å². The van der Waals surface area contributed by atoms with Crippen molar-refractivity contribution in [2.24, 2.45) is 0 Å². The van der Waals surface area contributed by atoms with Crippen LogP contribution in [0, 0.1) is 0 Å². The van der Waals surface area contributed by atoms with Crippen LogP contribution in [0.25, 0.3) is 33.9 Å². The Morgan fingerprint density at radius 1 is 0.667 bits per heavy atom. The minimum atomic E-state index is -1.39. The van der Waals surface area contributed by atoms with Gasteiger partial charge in [0.1, 0.15) is 47.9 Å². The molecule has 20 heteroatoms. The Hall–Kier alpha value is -4.54. The van der Waals surface area contributed by atoms with Crippen LogP contribution < -0.4 is 11.1 Å². The molecule has 0 aliphatic carbocycles. The summed E-state index contributed by atoms with van der Waals surface area (Å²) in [6.45, 7) is -1.03. The van der Waals surface area contributed by atoms with Gasteiger partial charge in [-0.2, -0.15) is 0 Å². The lowest BCUT2D eigenvalue weighted by molar-refractivity contribution is -0.0511. The molecule has 45 heavy (non-hydrogen) atoms. The van der Waals surface area contributed by atoms with Gasteiger partial charge in [0.05, 0.1) is 49.6 Å². The molecule has 0 aromatic carbocycles. The number of aliphatic hydroxyl groups is 6. The fraction of sp³-hybridized carbons (Fsp3) is 0.440. The Labute approximate surface area is 248 Å². The highest BCUT2D eigenvalue weighted by Crippen LogP contribution is 2.32. The third kappa shape index (κ3) is 3.88. The third-order valence-corrected chi connectivity index (χ3v) is 8.47. The zero-order valence-corrected chi connectivity index (χ0v) is 22.9. The first kappa shape index (κ1) is 28.0. The average molecular weight is 627 g/mol. The molecule has 0 amide bonds. The van der Waals surface area contributed by atoms with E-state index in [2.05, 4.69) is 29.9 Å². The Balaban J connectivity index is 1.17. The number of imidazole rings is 4. The van der Waals surface area contributed by atoms with Crippen LogP contribution in [0.5, 0.6) is 0 Å². The van der Waals surface area contributed by atoms with E-state index < -0.39 is 73.4 Å². The highest BCUT2D eigenvalue weighted by molar-refractivity contribution is 5.73. The van der Waals surface area contributed by atoms with Crippen molar-refractivity contribution in [1.29, 1.82) is 0 Å². The summed E-state index contributed by atoms with van der Waals surface area (Å²) in [6.07, 6.45) is -4.26. The molecule has 0 saturated carbocycles. The molecular weight excluding hydrogens is 600 g/mol. The van der Waals surface area contributed by atoms with Crippen LogP contribution in [-0.2, 0) is 15.9 Å². The number of aromatic nitrogens is 10. The van der Waals surface area contributed by atoms with Crippen LogP contribution in [0.2, 0.25) is 0 Å². The molecule has 6 aromatic heterocycles. The van der Waals surface area contributed by atoms with Crippen molar-refractivity contribution in [3.63, 3.8) is 0 Å². The standard InChI is InChI=1S/C25H26N10O10/c36-4-10-14(38)16(40)22(44-10)32-6-28-12-18(32)30-24-26-2-8(34(24)20(12)42)1-9-3-27-25-31-19-13(21(43)35(9)25)29-7-33(19)23-17(41)15(39)11(5-37)45-23/h2-3,6-7,10-11,14-17,22-23,36-41H,1,4-5H2,(H,26,30)(H,27,31)/t10-,11-,14-,15-,16-,17-,22-,23-/m1/s1. The van der Waals surface area contributed by atoms with Gasteiger partial charge in [-0.15, -0.1) is 0 Å². The Kier molecular flexibility index (Phi) is 6.21. The van der Waals surface area contributed by atoms with E-state index in [9.17, 15) is 40.2 Å². The molecule has 8 N–H and O–H groups in total. The number of H-pyrrole nitrogens is 2. The van der Waals surface area contributed by atoms with Gasteiger partial charge in [-0.25, -0.2) is 28.7 Å². The number of nitrogens with zero attached hydrogens (tertiary/aromatic N) is 8. The highest BCUT2D eigenvalue weighted by Gasteiger charge is 2.45. The fourth-order valence-electron chi connectivity index (χ4n) is 6.15. The van der Waals surface area contributed by atoms with E-state index in [1.807, 2.05) is 0 Å². The van der Waals surface area contributed by atoms with Gasteiger partial charge >= 0.3 is 0 Å². The van der Waals surface area contributed by atoms with Gasteiger partial charge in [0, 0.05) is 6.42 Å². The smallest absolute Gasteiger partial charge is 0.287 e. The van der Waals surface area contributed by atoms with Gasteiger partial charge in [0.2, 0.25) is 11.6 Å². The van der Waals surface area contributed by atoms with Crippen molar-refractivity contribution >= 4 is 33.9 Å². The predicted molar refractivity (Wildman–Crippen MR) is 147 cm³/mol. The maximum absolute atomic E-state index is 13.6. The molecule has 0 radical (unpaired) electrons. The number of hydrogen-bond donors (Lipinski definition) is 8. The Bertz CT molecular complexity index is 2060. The molecule has 2 aliphatic heterocycles. The second kappa shape index (κ2) is 9.98. The normalized spacial score (nSPS) is 28.9. The molecular formula is C25H26N10O10. The first-order valence-electron chi connectivity index (χ1n) is 13.9. The van der Waals surface area contributed by atoms with E-state index in [1.165, 1.54) is 43.0 Å². The summed E-state index contributed by atoms with van der Waals surface area (Å²) in [5.41, 5.74) is 0.0529. The summed E-state index contributed by atoms with van der Waals surface area (Å²) in [4.78, 5) is 50.2. The molecule has 2 saturated heterocycles. The number of hydrogen-bond acceptors (Lipinski definition) is 14. The molecule has 8 heterocycles. The summed E-state index contributed by atoms with van der Waals surface area (Å²) >= 11 is 0. The van der Waals surface area contributed by atoms with Crippen molar-refractivity contribution in [2.45, 2.75) is 55.5 Å². The Morgan fingerprint density at radius 2 is 1.09 bits per heavy atom. The molecule has 236 valence electrons. The summed E-state index contributed by atoms with van der Waals surface area (Å²) < 4.78 is 16.4. The minimum absolute atomic E-state index is 0.00685. The van der Waals surface area contributed by atoms with Gasteiger partial charge in [0.25, 0.3) is 11.1 Å². The van der Waals surface area contributed by atoms with Crippen LogP contribution in [0.1, 0.15) is 23.8 Å². The third-order valence-electron chi connectivity index (χ3n) is 8.47. The van der Waals surface area contributed by atoms with Gasteiger partial charge in [-0.05, 0) is 0 Å². The van der Waals surface area contributed by atoms with E-state index in [1.54, 1.807) is 0 Å². The summed E-state index contributed by atoms with van der Waals surface area (Å²) in [7, 11) is 0. The number of aromatic amines is 2. The van der Waals surface area contributed by atoms with Crippen molar-refractivity contribution in [1.82, 2.24) is 47.8 Å². The first-order valence-corrected chi connectivity index (χ1v) is 13.9. The SMILES string of the molecule is O=c1c2ncn([C@@H]3O[C@H](CO)[C@@H](O)[C@H]3O)c2[nH]c2ncc(Cc3cnc4[nH]c5c(ncn5[C@@H]5O[C@H](CO)[C@@H](O)[C@H]5O)c(=O)n34)n12. The largest absolute Gasteiger partial charge is 0.394 e. The maximum Gasteiger partial charge on any atom is 0.287 e. The van der Waals surface area contributed by atoms with Crippen LogP contribution in [0.15, 0.2) is 34.6 Å². The molecule has 2 fully saturated rings. The lowest BCUT2D eigenvalue weighted by Gasteiger charge is -2.16. The van der Waals surface area contributed by atoms with Gasteiger partial charge in [-0.1, -0.05) is 0 Å². The summed E-state index contributed by atoms with van der Waals surface area (Å²) in [5.74, 6) is 0.275.